The van der Waals surface area contributed by atoms with Crippen LogP contribution in [0.3, 0.4) is 0 Å². The summed E-state index contributed by atoms with van der Waals surface area (Å²) in [7, 11) is 0. The van der Waals surface area contributed by atoms with E-state index in [1.165, 1.54) is 11.1 Å². The van der Waals surface area contributed by atoms with E-state index in [2.05, 4.69) is 44.4 Å². The summed E-state index contributed by atoms with van der Waals surface area (Å²) in [6.45, 7) is 6.42. The van der Waals surface area contributed by atoms with Gasteiger partial charge in [0.25, 0.3) is 0 Å². The molecular formula is C15H22N2O. The predicted octanol–water partition coefficient (Wildman–Crippen LogP) is 2.53. The SMILES string of the molecule is Cc1ccc(C(C)C)cc1C1(C(=O)NN)CCC1. The smallest absolute Gasteiger partial charge is 0.244 e. The molecule has 0 heterocycles. The Morgan fingerprint density at radius 3 is 2.50 bits per heavy atom. The van der Waals surface area contributed by atoms with Crippen molar-refractivity contribution < 1.29 is 4.79 Å². The Morgan fingerprint density at radius 1 is 1.39 bits per heavy atom. The fraction of sp³-hybridized carbons (Fsp3) is 0.533. The van der Waals surface area contributed by atoms with Crippen LogP contribution in [0.5, 0.6) is 0 Å². The molecule has 1 amide bonds. The number of benzene rings is 1. The Labute approximate surface area is 109 Å². The summed E-state index contributed by atoms with van der Waals surface area (Å²) in [5, 5.41) is 0. The number of hydrazine groups is 1. The van der Waals surface area contributed by atoms with Crippen LogP contribution < -0.4 is 11.3 Å². The maximum atomic E-state index is 12.1. The lowest BCUT2D eigenvalue weighted by atomic mass is 9.62. The highest BCUT2D eigenvalue weighted by Gasteiger charge is 2.46. The maximum absolute atomic E-state index is 12.1. The largest absolute Gasteiger partial charge is 0.293 e. The third-order valence-corrected chi connectivity index (χ3v) is 4.22. The first-order chi connectivity index (χ1) is 8.51. The van der Waals surface area contributed by atoms with Crippen LogP contribution in [-0.4, -0.2) is 5.91 Å². The van der Waals surface area contributed by atoms with Gasteiger partial charge >= 0.3 is 0 Å². The summed E-state index contributed by atoms with van der Waals surface area (Å²) >= 11 is 0. The Bertz CT molecular complexity index is 462. The van der Waals surface area contributed by atoms with Gasteiger partial charge in [-0.1, -0.05) is 38.5 Å². The second kappa shape index (κ2) is 4.73. The van der Waals surface area contributed by atoms with Crippen LogP contribution in [0.15, 0.2) is 18.2 Å². The van der Waals surface area contributed by atoms with Gasteiger partial charge in [0.05, 0.1) is 5.41 Å². The standard InChI is InChI=1S/C15H22N2O/c1-10(2)12-6-5-11(3)13(9-12)15(7-4-8-15)14(18)17-16/h5-6,9-10H,4,7-8,16H2,1-3H3,(H,17,18). The molecule has 98 valence electrons. The van der Waals surface area contributed by atoms with Crippen molar-refractivity contribution in [2.75, 3.05) is 0 Å². The first-order valence-corrected chi connectivity index (χ1v) is 6.63. The second-order valence-corrected chi connectivity index (χ2v) is 5.64. The summed E-state index contributed by atoms with van der Waals surface area (Å²) in [6, 6.07) is 6.46. The molecule has 0 unspecified atom stereocenters. The lowest BCUT2D eigenvalue weighted by molar-refractivity contribution is -0.130. The van der Waals surface area contributed by atoms with E-state index in [4.69, 9.17) is 5.84 Å². The van der Waals surface area contributed by atoms with E-state index in [1.54, 1.807) is 0 Å². The maximum Gasteiger partial charge on any atom is 0.244 e. The lowest BCUT2D eigenvalue weighted by Crippen LogP contribution is -2.51. The van der Waals surface area contributed by atoms with Crippen LogP contribution in [0.1, 0.15) is 55.7 Å². The van der Waals surface area contributed by atoms with Crippen molar-refractivity contribution in [1.29, 1.82) is 0 Å². The lowest BCUT2D eigenvalue weighted by Gasteiger charge is -2.41. The van der Waals surface area contributed by atoms with Gasteiger partial charge in [-0.3, -0.25) is 10.2 Å². The highest BCUT2D eigenvalue weighted by Crippen LogP contribution is 2.45. The van der Waals surface area contributed by atoms with Crippen molar-refractivity contribution in [3.8, 4) is 0 Å². The Hall–Kier alpha value is -1.35. The van der Waals surface area contributed by atoms with Gasteiger partial charge in [-0.2, -0.15) is 0 Å². The fourth-order valence-corrected chi connectivity index (χ4v) is 2.80. The topological polar surface area (TPSA) is 55.1 Å². The van der Waals surface area contributed by atoms with E-state index in [0.29, 0.717) is 5.92 Å². The number of nitrogens with one attached hydrogen (secondary N) is 1. The van der Waals surface area contributed by atoms with E-state index in [0.717, 1.165) is 24.8 Å². The van der Waals surface area contributed by atoms with Gasteiger partial charge < -0.3 is 0 Å². The molecule has 0 saturated heterocycles. The number of hydrogen-bond donors (Lipinski definition) is 2. The van der Waals surface area contributed by atoms with Crippen molar-refractivity contribution in [3.05, 3.63) is 34.9 Å². The Morgan fingerprint density at radius 2 is 2.06 bits per heavy atom. The summed E-state index contributed by atoms with van der Waals surface area (Å²) < 4.78 is 0. The van der Waals surface area contributed by atoms with E-state index in [9.17, 15) is 4.79 Å². The van der Waals surface area contributed by atoms with Crippen LogP contribution in [0.2, 0.25) is 0 Å². The quantitative estimate of drug-likeness (QED) is 0.489. The van der Waals surface area contributed by atoms with Crippen LogP contribution >= 0.6 is 0 Å². The number of nitrogens with two attached hydrogens (primary N) is 1. The van der Waals surface area contributed by atoms with Crippen LogP contribution in [0.4, 0.5) is 0 Å². The normalized spacial score (nSPS) is 17.4. The molecule has 3 heteroatoms. The molecule has 1 aromatic carbocycles. The van der Waals surface area contributed by atoms with E-state index < -0.39 is 0 Å². The van der Waals surface area contributed by atoms with Gasteiger partial charge in [-0.15, -0.1) is 0 Å². The zero-order valence-corrected chi connectivity index (χ0v) is 11.4. The fourth-order valence-electron chi connectivity index (χ4n) is 2.80. The molecule has 1 aromatic rings. The summed E-state index contributed by atoms with van der Waals surface area (Å²) in [5.74, 6) is 5.78. The average Bonchev–Trinajstić information content (AvgIpc) is 2.29. The molecule has 3 nitrogen and oxygen atoms in total. The highest BCUT2D eigenvalue weighted by molar-refractivity contribution is 5.89. The number of hydrogen-bond acceptors (Lipinski definition) is 2. The molecule has 0 bridgehead atoms. The monoisotopic (exact) mass is 246 g/mol. The molecule has 0 aromatic heterocycles. The molecule has 18 heavy (non-hydrogen) atoms. The van der Waals surface area contributed by atoms with Gasteiger partial charge in [-0.05, 0) is 42.4 Å². The summed E-state index contributed by atoms with van der Waals surface area (Å²) in [5.41, 5.74) is 5.58. The zero-order valence-electron chi connectivity index (χ0n) is 11.4. The molecule has 3 N–H and O–H groups in total. The Balaban J connectivity index is 2.48. The molecular weight excluding hydrogens is 224 g/mol. The van der Waals surface area contributed by atoms with Crippen LogP contribution in [0, 0.1) is 6.92 Å². The first-order valence-electron chi connectivity index (χ1n) is 6.63. The van der Waals surface area contributed by atoms with Crippen molar-refractivity contribution in [1.82, 2.24) is 5.43 Å². The average molecular weight is 246 g/mol. The predicted molar refractivity (Wildman–Crippen MR) is 73.1 cm³/mol. The summed E-state index contributed by atoms with van der Waals surface area (Å²) in [6.07, 6.45) is 2.90. The molecule has 1 aliphatic carbocycles. The summed E-state index contributed by atoms with van der Waals surface area (Å²) in [4.78, 5) is 12.1. The molecule has 0 radical (unpaired) electrons. The highest BCUT2D eigenvalue weighted by atomic mass is 16.2. The van der Waals surface area contributed by atoms with E-state index in [1.807, 2.05) is 0 Å². The van der Waals surface area contributed by atoms with Gasteiger partial charge in [0, 0.05) is 0 Å². The van der Waals surface area contributed by atoms with E-state index >= 15 is 0 Å². The number of aryl methyl sites for hydroxylation is 1. The number of carbonyl (C=O) groups is 1. The third-order valence-electron chi connectivity index (χ3n) is 4.22. The van der Waals surface area contributed by atoms with Crippen molar-refractivity contribution >= 4 is 5.91 Å². The molecule has 2 rings (SSSR count). The number of rotatable bonds is 3. The first kappa shape index (κ1) is 13.1. The van der Waals surface area contributed by atoms with Crippen molar-refractivity contribution in [2.24, 2.45) is 5.84 Å². The number of carbonyl (C=O) groups excluding carboxylic acids is 1. The molecule has 0 spiro atoms. The van der Waals surface area contributed by atoms with Crippen molar-refractivity contribution in [3.63, 3.8) is 0 Å². The molecule has 1 aliphatic rings. The minimum Gasteiger partial charge on any atom is -0.293 e. The van der Waals surface area contributed by atoms with Crippen molar-refractivity contribution in [2.45, 2.75) is 51.4 Å². The van der Waals surface area contributed by atoms with Gasteiger partial charge in [0.15, 0.2) is 0 Å². The molecule has 1 fully saturated rings. The Kier molecular flexibility index (Phi) is 3.44. The third kappa shape index (κ3) is 1.93. The van der Waals surface area contributed by atoms with Gasteiger partial charge in [0.1, 0.15) is 0 Å². The van der Waals surface area contributed by atoms with Gasteiger partial charge in [0.2, 0.25) is 5.91 Å². The molecule has 0 atom stereocenters. The van der Waals surface area contributed by atoms with Gasteiger partial charge in [-0.25, -0.2) is 5.84 Å². The molecule has 1 saturated carbocycles. The zero-order chi connectivity index (χ0) is 13.3. The minimum atomic E-state index is -0.385. The number of amides is 1. The van der Waals surface area contributed by atoms with E-state index in [-0.39, 0.29) is 11.3 Å². The molecule has 0 aliphatic heterocycles. The van der Waals surface area contributed by atoms with Crippen LogP contribution in [0.25, 0.3) is 0 Å². The minimum absolute atomic E-state index is 0.0437. The van der Waals surface area contributed by atoms with Crippen LogP contribution in [-0.2, 0) is 10.2 Å². The second-order valence-electron chi connectivity index (χ2n) is 5.64.